The summed E-state index contributed by atoms with van der Waals surface area (Å²) in [5, 5.41) is 8.98. The molecule has 0 spiro atoms. The number of alkyl halides is 7. The Balaban J connectivity index is 2.90. The van der Waals surface area contributed by atoms with E-state index in [1.807, 2.05) is 0 Å². The number of halogens is 7. The van der Waals surface area contributed by atoms with E-state index in [0.29, 0.717) is 0 Å². The Morgan fingerprint density at radius 1 is 0.909 bits per heavy atom. The van der Waals surface area contributed by atoms with Gasteiger partial charge in [-0.25, -0.2) is 4.39 Å². The van der Waals surface area contributed by atoms with Crippen LogP contribution in [0.1, 0.15) is 24.0 Å². The molecule has 0 heterocycles. The summed E-state index contributed by atoms with van der Waals surface area (Å²) in [7, 11) is 0. The molecule has 0 aromatic heterocycles. The topological polar surface area (TPSA) is 23.8 Å². The lowest BCUT2D eigenvalue weighted by atomic mass is 9.80. The van der Waals surface area contributed by atoms with Crippen molar-refractivity contribution < 1.29 is 30.7 Å². The van der Waals surface area contributed by atoms with Gasteiger partial charge in [-0.3, -0.25) is 0 Å². The summed E-state index contributed by atoms with van der Waals surface area (Å²) >= 11 is 0. The number of hydrogen-bond acceptors (Lipinski definition) is 1. The highest BCUT2D eigenvalue weighted by Gasteiger charge is 2.37. The quantitative estimate of drug-likeness (QED) is 0.693. The number of hydrogen-bond donors (Lipinski definition) is 0. The highest BCUT2D eigenvalue weighted by molar-refractivity contribution is 5.26. The van der Waals surface area contributed by atoms with Crippen LogP contribution in [0.3, 0.4) is 0 Å². The molecule has 0 aliphatic heterocycles. The predicted octanol–water partition coefficient (Wildman–Crippen LogP) is 5.07. The summed E-state index contributed by atoms with van der Waals surface area (Å²) in [6.07, 6.45) is -11.5. The van der Waals surface area contributed by atoms with E-state index in [1.165, 1.54) is 6.07 Å². The highest BCUT2D eigenvalue weighted by Crippen LogP contribution is 2.35. The molecule has 0 amide bonds. The second-order valence-electron chi connectivity index (χ2n) is 5.01. The summed E-state index contributed by atoms with van der Waals surface area (Å²) in [6, 6.07) is 5.11. The van der Waals surface area contributed by atoms with Crippen molar-refractivity contribution in [3.63, 3.8) is 0 Å². The van der Waals surface area contributed by atoms with Gasteiger partial charge in [-0.1, -0.05) is 12.1 Å². The molecule has 1 aromatic carbocycles. The Morgan fingerprint density at radius 2 is 1.45 bits per heavy atom. The third-order valence-corrected chi connectivity index (χ3v) is 3.20. The van der Waals surface area contributed by atoms with E-state index in [2.05, 4.69) is 0 Å². The summed E-state index contributed by atoms with van der Waals surface area (Å²) in [5.74, 6) is 0. The van der Waals surface area contributed by atoms with Gasteiger partial charge < -0.3 is 0 Å². The maximum atomic E-state index is 13.1. The van der Waals surface area contributed by atoms with Crippen LogP contribution >= 0.6 is 0 Å². The number of benzene rings is 1. The zero-order chi connectivity index (χ0) is 17.0. The fourth-order valence-electron chi connectivity index (χ4n) is 1.91. The molecule has 122 valence electrons. The molecule has 0 fully saturated rings. The van der Waals surface area contributed by atoms with Crippen molar-refractivity contribution in [1.82, 2.24) is 0 Å². The van der Waals surface area contributed by atoms with Crippen LogP contribution in [0, 0.1) is 16.7 Å². The van der Waals surface area contributed by atoms with E-state index < -0.39 is 42.8 Å². The molecule has 0 aliphatic carbocycles. The summed E-state index contributed by atoms with van der Waals surface area (Å²) in [4.78, 5) is 0. The molecule has 0 aliphatic rings. The molecule has 0 bridgehead atoms. The number of nitrogens with zero attached hydrogens (tertiary/aromatic N) is 1. The van der Waals surface area contributed by atoms with Gasteiger partial charge in [0.15, 0.2) is 0 Å². The van der Waals surface area contributed by atoms with Crippen LogP contribution in [0.25, 0.3) is 0 Å². The Kier molecular flexibility index (Phi) is 5.44. The van der Waals surface area contributed by atoms with Crippen LogP contribution in [0.4, 0.5) is 30.7 Å². The summed E-state index contributed by atoms with van der Waals surface area (Å²) < 4.78 is 87.0. The third kappa shape index (κ3) is 5.20. The standard InChI is InChI=1S/C14H12F7N/c15-8-12(9-22,5-6-13(16,17)18)7-10-1-3-11(4-2-10)14(19,20)21/h1-4H,5-8H2. The van der Waals surface area contributed by atoms with Gasteiger partial charge in [0.1, 0.15) is 6.67 Å². The van der Waals surface area contributed by atoms with Crippen molar-refractivity contribution in [2.24, 2.45) is 5.41 Å². The molecule has 8 heteroatoms. The smallest absolute Gasteiger partial charge is 0.249 e. The fourth-order valence-corrected chi connectivity index (χ4v) is 1.91. The minimum Gasteiger partial charge on any atom is -0.249 e. The van der Waals surface area contributed by atoms with Gasteiger partial charge in [0.25, 0.3) is 0 Å². The van der Waals surface area contributed by atoms with Crippen LogP contribution in [0.15, 0.2) is 24.3 Å². The maximum Gasteiger partial charge on any atom is 0.416 e. The zero-order valence-electron chi connectivity index (χ0n) is 11.2. The molecule has 1 atom stereocenters. The minimum atomic E-state index is -4.54. The Bertz CT molecular complexity index is 524. The molecular formula is C14H12F7N. The molecule has 1 unspecified atom stereocenters. The van der Waals surface area contributed by atoms with Gasteiger partial charge in [0.05, 0.1) is 17.0 Å². The molecule has 22 heavy (non-hydrogen) atoms. The molecule has 1 aromatic rings. The third-order valence-electron chi connectivity index (χ3n) is 3.20. The first kappa shape index (κ1) is 18.3. The van der Waals surface area contributed by atoms with E-state index in [-0.39, 0.29) is 12.0 Å². The molecule has 0 N–H and O–H groups in total. The Labute approximate surface area is 122 Å². The second kappa shape index (κ2) is 6.55. The van der Waals surface area contributed by atoms with Crippen LogP contribution in [-0.2, 0) is 12.6 Å². The van der Waals surface area contributed by atoms with Crippen molar-refractivity contribution >= 4 is 0 Å². The van der Waals surface area contributed by atoms with E-state index in [1.54, 1.807) is 0 Å². The molecule has 0 radical (unpaired) electrons. The number of nitriles is 1. The van der Waals surface area contributed by atoms with Gasteiger partial charge in [-0.2, -0.15) is 31.6 Å². The van der Waals surface area contributed by atoms with Gasteiger partial charge in [-0.15, -0.1) is 0 Å². The van der Waals surface area contributed by atoms with Gasteiger partial charge in [0.2, 0.25) is 0 Å². The maximum absolute atomic E-state index is 13.1. The first-order valence-corrected chi connectivity index (χ1v) is 6.21. The van der Waals surface area contributed by atoms with Crippen LogP contribution < -0.4 is 0 Å². The summed E-state index contributed by atoms with van der Waals surface area (Å²) in [5.41, 5.74) is -2.64. The monoisotopic (exact) mass is 327 g/mol. The van der Waals surface area contributed by atoms with Crippen molar-refractivity contribution in [2.75, 3.05) is 6.67 Å². The van der Waals surface area contributed by atoms with Crippen LogP contribution in [0.5, 0.6) is 0 Å². The van der Waals surface area contributed by atoms with Gasteiger partial charge in [-0.05, 0) is 30.5 Å². The van der Waals surface area contributed by atoms with Gasteiger partial charge >= 0.3 is 12.4 Å². The zero-order valence-corrected chi connectivity index (χ0v) is 11.2. The van der Waals surface area contributed by atoms with Crippen molar-refractivity contribution in [1.29, 1.82) is 5.26 Å². The average Bonchev–Trinajstić information content (AvgIpc) is 2.42. The first-order chi connectivity index (χ1) is 10.0. The molecule has 1 rings (SSSR count). The van der Waals surface area contributed by atoms with Gasteiger partial charge in [0, 0.05) is 6.42 Å². The van der Waals surface area contributed by atoms with E-state index >= 15 is 0 Å². The lowest BCUT2D eigenvalue weighted by Gasteiger charge is -2.24. The fraction of sp³-hybridized carbons (Fsp3) is 0.500. The molecule has 1 nitrogen and oxygen atoms in total. The van der Waals surface area contributed by atoms with Crippen molar-refractivity contribution in [3.05, 3.63) is 35.4 Å². The van der Waals surface area contributed by atoms with E-state index in [4.69, 9.17) is 5.26 Å². The largest absolute Gasteiger partial charge is 0.416 e. The highest BCUT2D eigenvalue weighted by atomic mass is 19.4. The van der Waals surface area contributed by atoms with Crippen molar-refractivity contribution in [3.8, 4) is 6.07 Å². The molecule has 0 saturated carbocycles. The van der Waals surface area contributed by atoms with E-state index in [0.717, 1.165) is 24.3 Å². The Hall–Kier alpha value is -1.78. The predicted molar refractivity (Wildman–Crippen MR) is 64.5 cm³/mol. The molecule has 0 saturated heterocycles. The lowest BCUT2D eigenvalue weighted by Crippen LogP contribution is -2.27. The first-order valence-electron chi connectivity index (χ1n) is 6.21. The van der Waals surface area contributed by atoms with E-state index in [9.17, 15) is 30.7 Å². The van der Waals surface area contributed by atoms with Crippen LogP contribution in [-0.4, -0.2) is 12.9 Å². The Morgan fingerprint density at radius 3 is 1.82 bits per heavy atom. The summed E-state index contributed by atoms with van der Waals surface area (Å²) in [6.45, 7) is -1.30. The normalized spacial score (nSPS) is 15.2. The molecular weight excluding hydrogens is 315 g/mol. The number of rotatable bonds is 5. The SMILES string of the molecule is N#CC(CF)(CCC(F)(F)F)Cc1ccc(C(F)(F)F)cc1. The lowest BCUT2D eigenvalue weighted by molar-refractivity contribution is -0.140. The van der Waals surface area contributed by atoms with Crippen molar-refractivity contribution in [2.45, 2.75) is 31.6 Å². The minimum absolute atomic E-state index is 0.175. The van der Waals surface area contributed by atoms with Crippen LogP contribution in [0.2, 0.25) is 0 Å². The second-order valence-corrected chi connectivity index (χ2v) is 5.01. The average molecular weight is 327 g/mol.